The molecule has 70 valence electrons. The molecule has 14 heavy (non-hydrogen) atoms. The van der Waals surface area contributed by atoms with Gasteiger partial charge in [-0.05, 0) is 24.3 Å². The van der Waals surface area contributed by atoms with E-state index in [-0.39, 0.29) is 0 Å². The standard InChI is InChI=1S/C10H7NO3/c12-6-7-1-2-9-8(5-7)3-4-11(9)10(13)14/h1-6H,(H,13,14). The first-order valence-electron chi connectivity index (χ1n) is 4.02. The summed E-state index contributed by atoms with van der Waals surface area (Å²) < 4.78 is 1.11. The number of rotatable bonds is 1. The Labute approximate surface area is 79.4 Å². The summed E-state index contributed by atoms with van der Waals surface area (Å²) in [7, 11) is 0. The molecule has 0 saturated carbocycles. The largest absolute Gasteiger partial charge is 0.464 e. The molecular formula is C10H7NO3. The maximum Gasteiger partial charge on any atom is 0.415 e. The number of carboxylic acid groups (broad SMARTS) is 1. The Hall–Kier alpha value is -2.10. The van der Waals surface area contributed by atoms with Crippen molar-refractivity contribution in [3.63, 3.8) is 0 Å². The van der Waals surface area contributed by atoms with E-state index in [1.807, 2.05) is 0 Å². The van der Waals surface area contributed by atoms with Crippen molar-refractivity contribution < 1.29 is 14.7 Å². The highest BCUT2D eigenvalue weighted by Gasteiger charge is 2.06. The molecule has 1 N–H and O–H groups in total. The average Bonchev–Trinajstić information content (AvgIpc) is 2.59. The van der Waals surface area contributed by atoms with Crippen LogP contribution in [-0.4, -0.2) is 22.1 Å². The van der Waals surface area contributed by atoms with Crippen LogP contribution >= 0.6 is 0 Å². The summed E-state index contributed by atoms with van der Waals surface area (Å²) in [6.45, 7) is 0. The quantitative estimate of drug-likeness (QED) is 0.698. The normalized spacial score (nSPS) is 10.3. The van der Waals surface area contributed by atoms with Gasteiger partial charge in [-0.15, -0.1) is 0 Å². The van der Waals surface area contributed by atoms with E-state index in [9.17, 15) is 9.59 Å². The lowest BCUT2D eigenvalue weighted by molar-refractivity contribution is 0.112. The van der Waals surface area contributed by atoms with E-state index in [0.717, 1.165) is 16.2 Å². The summed E-state index contributed by atoms with van der Waals surface area (Å²) in [6.07, 6.45) is 1.16. The summed E-state index contributed by atoms with van der Waals surface area (Å²) in [6, 6.07) is 6.53. The number of hydrogen-bond acceptors (Lipinski definition) is 2. The predicted molar refractivity (Wildman–Crippen MR) is 50.7 cm³/mol. The molecule has 0 atom stereocenters. The van der Waals surface area contributed by atoms with Crippen LogP contribution in [0.1, 0.15) is 10.4 Å². The molecule has 0 radical (unpaired) electrons. The molecule has 0 aliphatic carbocycles. The van der Waals surface area contributed by atoms with Gasteiger partial charge in [-0.3, -0.25) is 9.36 Å². The summed E-state index contributed by atoms with van der Waals surface area (Å²) in [5.41, 5.74) is 1.13. The molecule has 1 heterocycles. The second-order valence-corrected chi connectivity index (χ2v) is 2.90. The van der Waals surface area contributed by atoms with Crippen LogP contribution in [0.5, 0.6) is 0 Å². The molecule has 1 aromatic carbocycles. The van der Waals surface area contributed by atoms with E-state index >= 15 is 0 Å². The van der Waals surface area contributed by atoms with Gasteiger partial charge in [0.1, 0.15) is 6.29 Å². The molecule has 2 aromatic rings. The van der Waals surface area contributed by atoms with Crippen molar-refractivity contribution in [1.82, 2.24) is 4.57 Å². The number of hydrogen-bond donors (Lipinski definition) is 1. The average molecular weight is 189 g/mol. The second kappa shape index (κ2) is 2.99. The van der Waals surface area contributed by atoms with E-state index < -0.39 is 6.09 Å². The van der Waals surface area contributed by atoms with Gasteiger partial charge in [-0.2, -0.15) is 0 Å². The maximum absolute atomic E-state index is 10.7. The number of carbonyl (C=O) groups is 2. The van der Waals surface area contributed by atoms with E-state index in [0.29, 0.717) is 11.1 Å². The van der Waals surface area contributed by atoms with Crippen LogP contribution in [0.25, 0.3) is 10.9 Å². The van der Waals surface area contributed by atoms with Crippen LogP contribution < -0.4 is 0 Å². The van der Waals surface area contributed by atoms with Crippen LogP contribution in [0.4, 0.5) is 4.79 Å². The lowest BCUT2D eigenvalue weighted by Gasteiger charge is -1.97. The first-order valence-corrected chi connectivity index (χ1v) is 4.02. The first-order chi connectivity index (χ1) is 6.72. The van der Waals surface area contributed by atoms with Crippen molar-refractivity contribution in [3.05, 3.63) is 36.0 Å². The lowest BCUT2D eigenvalue weighted by atomic mass is 10.2. The minimum absolute atomic E-state index is 0.542. The maximum atomic E-state index is 10.7. The number of aromatic nitrogens is 1. The number of benzene rings is 1. The molecule has 2 rings (SSSR count). The molecule has 0 fully saturated rings. The molecular weight excluding hydrogens is 182 g/mol. The van der Waals surface area contributed by atoms with Gasteiger partial charge >= 0.3 is 6.09 Å². The topological polar surface area (TPSA) is 59.3 Å². The summed E-state index contributed by atoms with van der Waals surface area (Å²) in [4.78, 5) is 21.2. The van der Waals surface area contributed by atoms with E-state index in [4.69, 9.17) is 5.11 Å². The minimum Gasteiger partial charge on any atom is -0.464 e. The van der Waals surface area contributed by atoms with Gasteiger partial charge in [0.15, 0.2) is 0 Å². The Morgan fingerprint density at radius 2 is 2.14 bits per heavy atom. The Morgan fingerprint density at radius 3 is 2.79 bits per heavy atom. The molecule has 4 nitrogen and oxygen atoms in total. The highest BCUT2D eigenvalue weighted by molar-refractivity contribution is 5.92. The van der Waals surface area contributed by atoms with Crippen molar-refractivity contribution in [1.29, 1.82) is 0 Å². The van der Waals surface area contributed by atoms with Crippen LogP contribution in [0, 0.1) is 0 Å². The fourth-order valence-electron chi connectivity index (χ4n) is 1.40. The van der Waals surface area contributed by atoms with Crippen LogP contribution in [0.2, 0.25) is 0 Å². The Kier molecular flexibility index (Phi) is 1.81. The zero-order valence-corrected chi connectivity index (χ0v) is 7.18. The molecule has 4 heteroatoms. The van der Waals surface area contributed by atoms with Gasteiger partial charge in [0.25, 0.3) is 0 Å². The summed E-state index contributed by atoms with van der Waals surface area (Å²) in [5.74, 6) is 0. The molecule has 0 aliphatic rings. The summed E-state index contributed by atoms with van der Waals surface area (Å²) >= 11 is 0. The monoisotopic (exact) mass is 189 g/mol. The van der Waals surface area contributed by atoms with E-state index in [2.05, 4.69) is 0 Å². The van der Waals surface area contributed by atoms with Crippen molar-refractivity contribution in [2.24, 2.45) is 0 Å². The fourth-order valence-corrected chi connectivity index (χ4v) is 1.40. The minimum atomic E-state index is -1.03. The molecule has 0 saturated heterocycles. The fraction of sp³-hybridized carbons (Fsp3) is 0. The molecule has 0 bridgehead atoms. The van der Waals surface area contributed by atoms with Crippen LogP contribution in [0.3, 0.4) is 0 Å². The molecule has 0 amide bonds. The third kappa shape index (κ3) is 1.17. The number of fused-ring (bicyclic) bond motifs is 1. The van der Waals surface area contributed by atoms with Crippen molar-refractivity contribution >= 4 is 23.3 Å². The van der Waals surface area contributed by atoms with E-state index in [1.54, 1.807) is 24.3 Å². The van der Waals surface area contributed by atoms with Gasteiger partial charge in [0.05, 0.1) is 5.52 Å². The van der Waals surface area contributed by atoms with Crippen molar-refractivity contribution in [2.75, 3.05) is 0 Å². The highest BCUT2D eigenvalue weighted by atomic mass is 16.4. The molecule has 0 aliphatic heterocycles. The van der Waals surface area contributed by atoms with Crippen molar-refractivity contribution in [2.45, 2.75) is 0 Å². The Balaban J connectivity index is 2.71. The number of aldehydes is 1. The molecule has 0 spiro atoms. The Morgan fingerprint density at radius 1 is 1.36 bits per heavy atom. The highest BCUT2D eigenvalue weighted by Crippen LogP contribution is 2.16. The Bertz CT molecular complexity index is 513. The van der Waals surface area contributed by atoms with Gasteiger partial charge < -0.3 is 5.11 Å². The number of nitrogens with zero attached hydrogens (tertiary/aromatic N) is 1. The van der Waals surface area contributed by atoms with Gasteiger partial charge in [0, 0.05) is 17.1 Å². The summed E-state index contributed by atoms with van der Waals surface area (Å²) in [5, 5.41) is 9.54. The second-order valence-electron chi connectivity index (χ2n) is 2.90. The van der Waals surface area contributed by atoms with Crippen LogP contribution in [0.15, 0.2) is 30.5 Å². The third-order valence-electron chi connectivity index (χ3n) is 2.06. The smallest absolute Gasteiger partial charge is 0.415 e. The van der Waals surface area contributed by atoms with Gasteiger partial charge in [-0.25, -0.2) is 4.79 Å². The lowest BCUT2D eigenvalue weighted by Crippen LogP contribution is -2.05. The predicted octanol–water partition coefficient (Wildman–Crippen LogP) is 1.98. The SMILES string of the molecule is O=Cc1ccc2c(ccn2C(=O)O)c1. The third-order valence-corrected chi connectivity index (χ3v) is 2.06. The first kappa shape index (κ1) is 8.50. The number of carbonyl (C=O) groups excluding carboxylic acids is 1. The van der Waals surface area contributed by atoms with Crippen LogP contribution in [-0.2, 0) is 0 Å². The van der Waals surface area contributed by atoms with Gasteiger partial charge in [-0.1, -0.05) is 0 Å². The zero-order valence-electron chi connectivity index (χ0n) is 7.18. The van der Waals surface area contributed by atoms with E-state index in [1.165, 1.54) is 6.20 Å². The zero-order chi connectivity index (χ0) is 10.1. The van der Waals surface area contributed by atoms with Crippen molar-refractivity contribution in [3.8, 4) is 0 Å². The molecule has 1 aromatic heterocycles. The molecule has 0 unspecified atom stereocenters. The van der Waals surface area contributed by atoms with Gasteiger partial charge in [0.2, 0.25) is 0 Å².